The molecule has 0 aliphatic rings. The van der Waals surface area contributed by atoms with Gasteiger partial charge in [-0.2, -0.15) is 0 Å². The second-order valence-electron chi connectivity index (χ2n) is 0.371. The molecule has 0 aromatic carbocycles. The molecular weight excluding hydrogens is 108 g/mol. The quantitative estimate of drug-likeness (QED) is 0.468. The van der Waals surface area contributed by atoms with Gasteiger partial charge in [-0.15, -0.1) is 0 Å². The van der Waals surface area contributed by atoms with Crippen LogP contribution in [0.15, 0.2) is 0 Å². The van der Waals surface area contributed by atoms with Gasteiger partial charge >= 0.3 is 0 Å². The van der Waals surface area contributed by atoms with Crippen molar-refractivity contribution in [3.63, 3.8) is 0 Å². The third kappa shape index (κ3) is 4.49. The molecule has 1 unspecified atom stereocenters. The number of hydrogen-bond acceptors (Lipinski definition) is 3. The minimum atomic E-state index is -1.49. The predicted octanol–water partition coefficient (Wildman–Crippen LogP) is -0.242. The van der Waals surface area contributed by atoms with Gasteiger partial charge < -0.3 is 8.74 Å². The van der Waals surface area contributed by atoms with Crippen molar-refractivity contribution in [2.75, 3.05) is 7.11 Å². The van der Waals surface area contributed by atoms with E-state index in [0.29, 0.717) is 0 Å². The third-order valence-electron chi connectivity index (χ3n) is 0.136. The second kappa shape index (κ2) is 2.71. The molecule has 0 aromatic rings. The van der Waals surface area contributed by atoms with Crippen molar-refractivity contribution >= 4 is 21.2 Å². The van der Waals surface area contributed by atoms with E-state index in [0.717, 1.165) is 0 Å². The Hall–Kier alpha value is 0.490. The van der Waals surface area contributed by atoms with Crippen molar-refractivity contribution in [3.8, 4) is 0 Å². The standard InChI is InChI=1S/CH4O2S2/c1-3-5(2)4/h1H3,(H,2,4)/p-1. The number of rotatable bonds is 1. The van der Waals surface area contributed by atoms with Gasteiger partial charge in [0.15, 0.2) is 0 Å². The van der Waals surface area contributed by atoms with Crippen LogP contribution in [-0.4, -0.2) is 11.7 Å². The zero-order valence-corrected chi connectivity index (χ0v) is 4.27. The van der Waals surface area contributed by atoms with E-state index in [1.807, 2.05) is 0 Å². The Morgan fingerprint density at radius 3 is 2.20 bits per heavy atom. The molecule has 0 aliphatic heterocycles. The predicted molar refractivity (Wildman–Crippen MR) is 22.5 cm³/mol. The molecule has 0 radical (unpaired) electrons. The van der Waals surface area contributed by atoms with E-state index < -0.39 is 10.0 Å². The summed E-state index contributed by atoms with van der Waals surface area (Å²) in [5.74, 6) is 0. The van der Waals surface area contributed by atoms with E-state index in [4.69, 9.17) is 0 Å². The lowest BCUT2D eigenvalue weighted by molar-refractivity contribution is 0.415. The molecule has 0 N–H and O–H groups in total. The Kier molecular flexibility index (Phi) is 2.98. The van der Waals surface area contributed by atoms with E-state index in [1.54, 1.807) is 0 Å². The summed E-state index contributed by atoms with van der Waals surface area (Å²) in [5, 5.41) is 0. The SMILES string of the molecule is COS([O-])=S. The second-order valence-corrected chi connectivity index (χ2v) is 1.93. The first-order valence-electron chi connectivity index (χ1n) is 0.908. The first-order valence-corrected chi connectivity index (χ1v) is 2.91. The minimum absolute atomic E-state index is 1.29. The van der Waals surface area contributed by atoms with Crippen molar-refractivity contribution in [1.29, 1.82) is 0 Å². The fourth-order valence-electron chi connectivity index (χ4n) is 0. The third-order valence-corrected chi connectivity index (χ3v) is 0.816. The topological polar surface area (TPSA) is 32.3 Å². The number of hydrogen-bond donors (Lipinski definition) is 0. The van der Waals surface area contributed by atoms with E-state index in [-0.39, 0.29) is 0 Å². The maximum atomic E-state index is 9.52. The smallest absolute Gasteiger partial charge is 0.0492 e. The van der Waals surface area contributed by atoms with Crippen LogP contribution >= 0.6 is 0 Å². The summed E-state index contributed by atoms with van der Waals surface area (Å²) in [6.07, 6.45) is 0. The minimum Gasteiger partial charge on any atom is -0.773 e. The Bertz CT molecular complexity index is 42.9. The molecule has 5 heavy (non-hydrogen) atoms. The molecule has 2 nitrogen and oxygen atoms in total. The summed E-state index contributed by atoms with van der Waals surface area (Å²) in [6.45, 7) is 0. The van der Waals surface area contributed by atoms with Gasteiger partial charge in [0.05, 0.1) is 0 Å². The molecule has 0 amide bonds. The highest BCUT2D eigenvalue weighted by molar-refractivity contribution is 8.23. The molecule has 32 valence electrons. The highest BCUT2D eigenvalue weighted by atomic mass is 32.8. The Morgan fingerprint density at radius 1 is 2.00 bits per heavy atom. The van der Waals surface area contributed by atoms with Gasteiger partial charge in [-0.05, 0) is 11.2 Å². The molecule has 0 aromatic heterocycles. The van der Waals surface area contributed by atoms with Crippen LogP contribution in [0.1, 0.15) is 0 Å². The average Bonchev–Trinajstić information content (AvgIpc) is 1.38. The highest BCUT2D eigenvalue weighted by Gasteiger charge is 1.53. The highest BCUT2D eigenvalue weighted by Crippen LogP contribution is 1.65. The molecule has 0 aliphatic carbocycles. The van der Waals surface area contributed by atoms with Crippen LogP contribution < -0.4 is 0 Å². The van der Waals surface area contributed by atoms with E-state index >= 15 is 0 Å². The summed E-state index contributed by atoms with van der Waals surface area (Å²) >= 11 is 4.03. The first kappa shape index (κ1) is 5.49. The zero-order chi connectivity index (χ0) is 4.28. The monoisotopic (exact) mass is 111 g/mol. The van der Waals surface area contributed by atoms with Crippen LogP contribution in [0.4, 0.5) is 0 Å². The maximum absolute atomic E-state index is 9.52. The molecule has 0 saturated carbocycles. The van der Waals surface area contributed by atoms with E-state index in [2.05, 4.69) is 15.4 Å². The van der Waals surface area contributed by atoms with Crippen LogP contribution in [0.2, 0.25) is 0 Å². The lowest BCUT2D eigenvalue weighted by Crippen LogP contribution is -1.82. The summed E-state index contributed by atoms with van der Waals surface area (Å²) in [4.78, 5) is 0. The van der Waals surface area contributed by atoms with Crippen LogP contribution in [0.5, 0.6) is 0 Å². The average molecular weight is 111 g/mol. The van der Waals surface area contributed by atoms with E-state index in [9.17, 15) is 4.55 Å². The molecule has 0 rings (SSSR count). The van der Waals surface area contributed by atoms with Crippen molar-refractivity contribution in [2.45, 2.75) is 0 Å². The Balaban J connectivity index is 2.85. The Labute approximate surface area is 37.8 Å². The first-order chi connectivity index (χ1) is 2.27. The molecule has 0 bridgehead atoms. The largest absolute Gasteiger partial charge is 0.773 e. The maximum Gasteiger partial charge on any atom is 0.0492 e. The molecule has 0 saturated heterocycles. The van der Waals surface area contributed by atoms with Gasteiger partial charge in [0.25, 0.3) is 0 Å². The molecule has 1 atom stereocenters. The van der Waals surface area contributed by atoms with Gasteiger partial charge in [-0.25, -0.2) is 0 Å². The van der Waals surface area contributed by atoms with Crippen molar-refractivity contribution in [2.24, 2.45) is 0 Å². The van der Waals surface area contributed by atoms with Crippen LogP contribution in [0, 0.1) is 0 Å². The summed E-state index contributed by atoms with van der Waals surface area (Å²) < 4.78 is 13.6. The Morgan fingerprint density at radius 2 is 2.20 bits per heavy atom. The summed E-state index contributed by atoms with van der Waals surface area (Å²) in [5.41, 5.74) is 0. The fourth-order valence-corrected chi connectivity index (χ4v) is 0. The van der Waals surface area contributed by atoms with Crippen molar-refractivity contribution in [1.82, 2.24) is 0 Å². The van der Waals surface area contributed by atoms with Crippen LogP contribution in [0.25, 0.3) is 0 Å². The van der Waals surface area contributed by atoms with Gasteiger partial charge in [0, 0.05) is 7.11 Å². The van der Waals surface area contributed by atoms with Crippen LogP contribution in [-0.2, 0) is 25.4 Å². The normalized spacial score (nSPS) is 14.8. The van der Waals surface area contributed by atoms with Gasteiger partial charge in [0.1, 0.15) is 0 Å². The van der Waals surface area contributed by atoms with Crippen LogP contribution in [0.3, 0.4) is 0 Å². The van der Waals surface area contributed by atoms with Gasteiger partial charge in [0.2, 0.25) is 0 Å². The molecule has 4 heteroatoms. The van der Waals surface area contributed by atoms with Crippen molar-refractivity contribution in [3.05, 3.63) is 0 Å². The summed E-state index contributed by atoms with van der Waals surface area (Å²) in [6, 6.07) is 0. The molecule has 0 spiro atoms. The summed E-state index contributed by atoms with van der Waals surface area (Å²) in [7, 11) is -0.194. The van der Waals surface area contributed by atoms with Gasteiger partial charge in [-0.1, -0.05) is 10.0 Å². The van der Waals surface area contributed by atoms with Gasteiger partial charge in [-0.3, -0.25) is 0 Å². The zero-order valence-electron chi connectivity index (χ0n) is 2.63. The fraction of sp³-hybridized carbons (Fsp3) is 1.00. The van der Waals surface area contributed by atoms with Crippen molar-refractivity contribution < 1.29 is 8.74 Å². The van der Waals surface area contributed by atoms with E-state index in [1.165, 1.54) is 7.11 Å². The lowest BCUT2D eigenvalue weighted by Gasteiger charge is -1.99. The molecular formula is CH3O2S2-. The molecule has 0 fully saturated rings. The lowest BCUT2D eigenvalue weighted by atomic mass is 11.8. The molecule has 0 heterocycles.